The van der Waals surface area contributed by atoms with Gasteiger partial charge in [0.05, 0.1) is 5.57 Å². The van der Waals surface area contributed by atoms with Crippen molar-refractivity contribution in [3.05, 3.63) is 70.8 Å². The minimum Gasteiger partial charge on any atom is -0.508 e. The lowest BCUT2D eigenvalue weighted by atomic mass is 9.77. The molecule has 0 saturated carbocycles. The smallest absolute Gasteiger partial charge is 0.335 e. The molecule has 0 unspecified atom stereocenters. The van der Waals surface area contributed by atoms with Gasteiger partial charge in [-0.15, -0.1) is 0 Å². The van der Waals surface area contributed by atoms with Crippen molar-refractivity contribution in [3.63, 3.8) is 0 Å². The largest absolute Gasteiger partial charge is 0.508 e. The van der Waals surface area contributed by atoms with Gasteiger partial charge in [-0.25, -0.2) is 4.79 Å². The lowest BCUT2D eigenvalue weighted by Crippen LogP contribution is -2.18. The molecule has 126 valence electrons. The van der Waals surface area contributed by atoms with E-state index in [1.165, 1.54) is 12.1 Å². The molecule has 0 aromatic heterocycles. The van der Waals surface area contributed by atoms with Gasteiger partial charge in [0.1, 0.15) is 23.0 Å². The zero-order valence-corrected chi connectivity index (χ0v) is 13.3. The van der Waals surface area contributed by atoms with Crippen LogP contribution in [0.3, 0.4) is 0 Å². The summed E-state index contributed by atoms with van der Waals surface area (Å²) >= 11 is 0. The van der Waals surface area contributed by atoms with Crippen molar-refractivity contribution in [1.82, 2.24) is 0 Å². The summed E-state index contributed by atoms with van der Waals surface area (Å²) in [5.41, 5.74) is 2.57. The van der Waals surface area contributed by atoms with Crippen LogP contribution in [0.1, 0.15) is 29.9 Å². The van der Waals surface area contributed by atoms with E-state index < -0.39 is 5.97 Å². The number of aromatic hydroxyl groups is 2. The molecule has 5 nitrogen and oxygen atoms in total. The zero-order chi connectivity index (χ0) is 17.6. The van der Waals surface area contributed by atoms with Crippen LogP contribution in [0.4, 0.5) is 0 Å². The number of carbonyl (C=O) groups is 1. The Morgan fingerprint density at radius 2 is 1.48 bits per heavy atom. The Morgan fingerprint density at radius 1 is 0.920 bits per heavy atom. The average molecular weight is 336 g/mol. The van der Waals surface area contributed by atoms with Crippen molar-refractivity contribution in [3.8, 4) is 23.0 Å². The Bertz CT molecular complexity index is 888. The maximum Gasteiger partial charge on any atom is 0.335 e. The van der Waals surface area contributed by atoms with Gasteiger partial charge >= 0.3 is 5.97 Å². The van der Waals surface area contributed by atoms with Crippen LogP contribution in [-0.2, 0) is 4.79 Å². The molecule has 0 bridgehead atoms. The summed E-state index contributed by atoms with van der Waals surface area (Å²) in [5, 5.41) is 29.2. The van der Waals surface area contributed by atoms with E-state index in [4.69, 9.17) is 4.74 Å². The summed E-state index contributed by atoms with van der Waals surface area (Å²) in [4.78, 5) is 11.7. The second-order valence-electron chi connectivity index (χ2n) is 6.14. The van der Waals surface area contributed by atoms with Crippen LogP contribution in [0.5, 0.6) is 23.0 Å². The van der Waals surface area contributed by atoms with Crippen molar-refractivity contribution in [2.45, 2.75) is 18.8 Å². The van der Waals surface area contributed by atoms with Crippen LogP contribution in [0.25, 0.3) is 0 Å². The van der Waals surface area contributed by atoms with Gasteiger partial charge in [0.2, 0.25) is 0 Å². The molecule has 0 radical (unpaired) electrons. The molecule has 0 atom stereocenters. The lowest BCUT2D eigenvalue weighted by molar-refractivity contribution is -0.132. The number of rotatable bonds is 2. The molecule has 0 spiro atoms. The molecule has 5 heteroatoms. The van der Waals surface area contributed by atoms with Gasteiger partial charge in [0.25, 0.3) is 0 Å². The molecule has 3 N–H and O–H groups in total. The first-order valence-electron chi connectivity index (χ1n) is 8.02. The summed E-state index contributed by atoms with van der Waals surface area (Å²) in [6.45, 7) is 0. The molecular weight excluding hydrogens is 320 g/mol. The Labute approximate surface area is 144 Å². The number of carboxylic acids is 1. The topological polar surface area (TPSA) is 87.0 Å². The third kappa shape index (κ3) is 2.54. The molecule has 1 aliphatic heterocycles. The number of ether oxygens (including phenoxy) is 1. The minimum absolute atomic E-state index is 0.0627. The van der Waals surface area contributed by atoms with E-state index >= 15 is 0 Å². The van der Waals surface area contributed by atoms with Crippen LogP contribution in [0.15, 0.2) is 59.7 Å². The van der Waals surface area contributed by atoms with E-state index in [0.29, 0.717) is 23.5 Å². The maximum atomic E-state index is 11.7. The Hall–Kier alpha value is -3.21. The summed E-state index contributed by atoms with van der Waals surface area (Å²) in [6, 6.07) is 9.63. The Balaban J connectivity index is 1.94. The quantitative estimate of drug-likeness (QED) is 0.769. The molecule has 0 amide bonds. The first-order chi connectivity index (χ1) is 12.0. The summed E-state index contributed by atoms with van der Waals surface area (Å²) in [6.07, 6.45) is 5.16. The highest BCUT2D eigenvalue weighted by atomic mass is 16.5. The van der Waals surface area contributed by atoms with Gasteiger partial charge in [0, 0.05) is 29.2 Å². The first-order valence-corrected chi connectivity index (χ1v) is 8.02. The van der Waals surface area contributed by atoms with Crippen LogP contribution in [-0.4, -0.2) is 21.3 Å². The van der Waals surface area contributed by atoms with E-state index in [1.54, 1.807) is 30.3 Å². The normalized spacial score (nSPS) is 16.2. The minimum atomic E-state index is -0.960. The molecule has 2 aliphatic rings. The first kappa shape index (κ1) is 15.3. The highest BCUT2D eigenvalue weighted by Gasteiger charge is 2.34. The van der Waals surface area contributed by atoms with Crippen molar-refractivity contribution >= 4 is 5.97 Å². The molecular formula is C20H16O5. The summed E-state index contributed by atoms with van der Waals surface area (Å²) in [5.74, 6) is -0.250. The monoisotopic (exact) mass is 336 g/mol. The second-order valence-corrected chi connectivity index (χ2v) is 6.14. The van der Waals surface area contributed by atoms with Gasteiger partial charge in [0.15, 0.2) is 0 Å². The highest BCUT2D eigenvalue weighted by molar-refractivity contribution is 5.93. The molecule has 0 saturated heterocycles. The molecule has 1 heterocycles. The number of phenolic OH excluding ortho intramolecular Hbond substituents is 2. The maximum absolute atomic E-state index is 11.7. The number of hydrogen-bond acceptors (Lipinski definition) is 4. The Morgan fingerprint density at radius 3 is 2.04 bits per heavy atom. The molecule has 1 aliphatic carbocycles. The van der Waals surface area contributed by atoms with E-state index in [0.717, 1.165) is 17.5 Å². The number of hydrogen-bond donors (Lipinski definition) is 3. The van der Waals surface area contributed by atoms with Crippen molar-refractivity contribution in [2.75, 3.05) is 0 Å². The fraction of sp³-hybridized carbons (Fsp3) is 0.150. The third-order valence-electron chi connectivity index (χ3n) is 4.57. The Kier molecular flexibility index (Phi) is 3.50. The number of fused-ring (bicyclic) bond motifs is 2. The van der Waals surface area contributed by atoms with Crippen molar-refractivity contribution < 1.29 is 24.9 Å². The van der Waals surface area contributed by atoms with Crippen LogP contribution in [0, 0.1) is 0 Å². The van der Waals surface area contributed by atoms with E-state index in [-0.39, 0.29) is 23.0 Å². The number of aliphatic carboxylic acids is 1. The molecule has 4 rings (SSSR count). The van der Waals surface area contributed by atoms with Crippen LogP contribution in [0.2, 0.25) is 0 Å². The van der Waals surface area contributed by atoms with Crippen LogP contribution >= 0.6 is 0 Å². The van der Waals surface area contributed by atoms with E-state index in [9.17, 15) is 20.1 Å². The summed E-state index contributed by atoms with van der Waals surface area (Å²) in [7, 11) is 0. The SMILES string of the molecule is O=C(O)C1=CCCC=C1C1c2ccc(O)cc2Oc2cc(O)ccc21. The number of allylic oxidation sites excluding steroid dienone is 2. The molecule has 2 aromatic rings. The number of benzene rings is 2. The van der Waals surface area contributed by atoms with Gasteiger partial charge in [-0.2, -0.15) is 0 Å². The predicted octanol–water partition coefficient (Wildman–Crippen LogP) is 4.07. The average Bonchev–Trinajstić information content (AvgIpc) is 2.59. The predicted molar refractivity (Wildman–Crippen MR) is 91.2 cm³/mol. The number of phenols is 2. The fourth-order valence-electron chi connectivity index (χ4n) is 3.50. The standard InChI is InChI=1S/C20H16O5/c21-11-5-7-15-17(9-11)25-18-10-12(22)6-8-16(18)19(15)13-3-1-2-4-14(13)20(23)24/h3-10,19,21-22H,1-2H2,(H,23,24). The molecule has 0 fully saturated rings. The van der Waals surface area contributed by atoms with E-state index in [1.807, 2.05) is 6.08 Å². The van der Waals surface area contributed by atoms with Gasteiger partial charge < -0.3 is 20.1 Å². The van der Waals surface area contributed by atoms with Gasteiger partial charge in [-0.05, 0) is 30.5 Å². The van der Waals surface area contributed by atoms with Gasteiger partial charge in [-0.3, -0.25) is 0 Å². The van der Waals surface area contributed by atoms with Crippen molar-refractivity contribution in [1.29, 1.82) is 0 Å². The second kappa shape index (κ2) is 5.70. The number of carboxylic acid groups (broad SMARTS) is 1. The highest BCUT2D eigenvalue weighted by Crippen LogP contribution is 2.51. The van der Waals surface area contributed by atoms with Crippen molar-refractivity contribution in [2.24, 2.45) is 0 Å². The van der Waals surface area contributed by atoms with Crippen LogP contribution < -0.4 is 4.74 Å². The van der Waals surface area contributed by atoms with Gasteiger partial charge in [-0.1, -0.05) is 24.3 Å². The lowest BCUT2D eigenvalue weighted by Gasteiger charge is -2.31. The van der Waals surface area contributed by atoms with E-state index in [2.05, 4.69) is 0 Å². The molecule has 25 heavy (non-hydrogen) atoms. The molecule has 2 aromatic carbocycles. The fourth-order valence-corrected chi connectivity index (χ4v) is 3.50. The third-order valence-corrected chi connectivity index (χ3v) is 4.57. The zero-order valence-electron chi connectivity index (χ0n) is 13.3. The summed E-state index contributed by atoms with van der Waals surface area (Å²) < 4.78 is 5.84.